The zero-order chi connectivity index (χ0) is 12.7. The SMILES string of the molecule is c1csc(-c2sc(-c3cccs3)c3ccccc23)c1. The molecule has 0 fully saturated rings. The van der Waals surface area contributed by atoms with Gasteiger partial charge in [0.15, 0.2) is 0 Å². The molecule has 0 radical (unpaired) electrons. The van der Waals surface area contributed by atoms with Gasteiger partial charge in [-0.25, -0.2) is 0 Å². The summed E-state index contributed by atoms with van der Waals surface area (Å²) in [5.74, 6) is 0. The van der Waals surface area contributed by atoms with Crippen molar-refractivity contribution in [2.45, 2.75) is 0 Å². The Kier molecular flexibility index (Phi) is 2.76. The summed E-state index contributed by atoms with van der Waals surface area (Å²) in [6.45, 7) is 0. The minimum Gasteiger partial charge on any atom is -0.143 e. The van der Waals surface area contributed by atoms with Gasteiger partial charge in [-0.15, -0.1) is 34.0 Å². The van der Waals surface area contributed by atoms with E-state index in [2.05, 4.69) is 59.3 Å². The first-order chi connectivity index (χ1) is 9.43. The van der Waals surface area contributed by atoms with Crippen LogP contribution in [0.2, 0.25) is 0 Å². The lowest BCUT2D eigenvalue weighted by atomic mass is 10.1. The van der Waals surface area contributed by atoms with Crippen LogP contribution >= 0.6 is 34.0 Å². The second kappa shape index (κ2) is 4.60. The van der Waals surface area contributed by atoms with Crippen molar-refractivity contribution >= 4 is 44.8 Å². The first-order valence-electron chi connectivity index (χ1n) is 6.03. The third-order valence-electron chi connectivity index (χ3n) is 3.11. The van der Waals surface area contributed by atoms with Crippen LogP contribution in [0.3, 0.4) is 0 Å². The van der Waals surface area contributed by atoms with Gasteiger partial charge >= 0.3 is 0 Å². The first kappa shape index (κ1) is 11.4. The standard InChI is InChI=1S/C16H10S3/c1-2-6-12-11(5-1)15(13-7-3-9-17-13)19-16(12)14-8-4-10-18-14/h1-10H. The topological polar surface area (TPSA) is 0 Å². The quantitative estimate of drug-likeness (QED) is 0.404. The van der Waals surface area contributed by atoms with E-state index in [9.17, 15) is 0 Å². The van der Waals surface area contributed by atoms with E-state index in [1.807, 2.05) is 34.0 Å². The maximum Gasteiger partial charge on any atom is 0.0528 e. The van der Waals surface area contributed by atoms with E-state index in [1.165, 1.54) is 30.3 Å². The molecule has 1 aromatic carbocycles. The van der Waals surface area contributed by atoms with Crippen LogP contribution in [0.15, 0.2) is 59.3 Å². The van der Waals surface area contributed by atoms with Gasteiger partial charge in [0.2, 0.25) is 0 Å². The second-order valence-corrected chi connectivity index (χ2v) is 7.18. The third-order valence-corrected chi connectivity index (χ3v) is 6.43. The smallest absolute Gasteiger partial charge is 0.0528 e. The molecule has 0 atom stereocenters. The molecule has 0 bridgehead atoms. The Hall–Kier alpha value is -1.42. The summed E-state index contributed by atoms with van der Waals surface area (Å²) in [6.07, 6.45) is 0. The highest BCUT2D eigenvalue weighted by molar-refractivity contribution is 7.27. The van der Waals surface area contributed by atoms with Gasteiger partial charge < -0.3 is 0 Å². The third kappa shape index (κ3) is 1.86. The van der Waals surface area contributed by atoms with Gasteiger partial charge in [-0.1, -0.05) is 36.4 Å². The lowest BCUT2D eigenvalue weighted by Crippen LogP contribution is -1.68. The highest BCUT2D eigenvalue weighted by Gasteiger charge is 2.14. The van der Waals surface area contributed by atoms with Crippen molar-refractivity contribution in [1.82, 2.24) is 0 Å². The molecule has 0 nitrogen and oxygen atoms in total. The molecule has 3 heteroatoms. The van der Waals surface area contributed by atoms with E-state index in [1.54, 1.807) is 0 Å². The Morgan fingerprint density at radius 2 is 1.11 bits per heavy atom. The summed E-state index contributed by atoms with van der Waals surface area (Å²) >= 11 is 5.54. The van der Waals surface area contributed by atoms with Crippen LogP contribution in [0.5, 0.6) is 0 Å². The van der Waals surface area contributed by atoms with Gasteiger partial charge in [0, 0.05) is 20.5 Å². The summed E-state index contributed by atoms with van der Waals surface area (Å²) in [5, 5.41) is 7.04. The highest BCUT2D eigenvalue weighted by Crippen LogP contribution is 2.46. The van der Waals surface area contributed by atoms with Gasteiger partial charge in [0.05, 0.1) is 9.75 Å². The summed E-state index contributed by atoms with van der Waals surface area (Å²) in [7, 11) is 0. The zero-order valence-corrected chi connectivity index (χ0v) is 12.4. The largest absolute Gasteiger partial charge is 0.143 e. The molecule has 0 amide bonds. The highest BCUT2D eigenvalue weighted by atomic mass is 32.1. The van der Waals surface area contributed by atoms with Crippen LogP contribution in [0, 0.1) is 0 Å². The van der Waals surface area contributed by atoms with Gasteiger partial charge in [0.25, 0.3) is 0 Å². The van der Waals surface area contributed by atoms with Crippen molar-refractivity contribution in [3.8, 4) is 19.5 Å². The molecule has 3 heterocycles. The minimum atomic E-state index is 1.36. The molecule has 0 spiro atoms. The molecular formula is C16H10S3. The molecule has 4 rings (SSSR count). The van der Waals surface area contributed by atoms with Crippen LogP contribution in [-0.2, 0) is 0 Å². The first-order valence-corrected chi connectivity index (χ1v) is 8.60. The Bertz CT molecular complexity index is 737. The van der Waals surface area contributed by atoms with Gasteiger partial charge in [-0.3, -0.25) is 0 Å². The summed E-state index contributed by atoms with van der Waals surface area (Å²) in [6, 6.07) is 17.4. The number of rotatable bonds is 2. The molecule has 0 saturated carbocycles. The molecule has 92 valence electrons. The molecule has 0 aliphatic heterocycles. The molecular weight excluding hydrogens is 288 g/mol. The van der Waals surface area contributed by atoms with Crippen molar-refractivity contribution < 1.29 is 0 Å². The molecule has 0 aliphatic carbocycles. The summed E-state index contributed by atoms with van der Waals surface area (Å²) in [4.78, 5) is 5.52. The lowest BCUT2D eigenvalue weighted by molar-refractivity contribution is 1.83. The second-order valence-electron chi connectivity index (χ2n) is 4.26. The maximum absolute atomic E-state index is 2.23. The number of fused-ring (bicyclic) bond motifs is 1. The van der Waals surface area contributed by atoms with E-state index in [-0.39, 0.29) is 0 Å². The minimum absolute atomic E-state index is 1.36. The van der Waals surface area contributed by atoms with Crippen molar-refractivity contribution in [1.29, 1.82) is 0 Å². The molecule has 0 N–H and O–H groups in total. The Morgan fingerprint density at radius 1 is 0.579 bits per heavy atom. The number of thiophene rings is 3. The van der Waals surface area contributed by atoms with Crippen LogP contribution in [0.4, 0.5) is 0 Å². The Morgan fingerprint density at radius 3 is 1.53 bits per heavy atom. The van der Waals surface area contributed by atoms with E-state index >= 15 is 0 Å². The van der Waals surface area contributed by atoms with Crippen molar-refractivity contribution in [2.75, 3.05) is 0 Å². The number of hydrogen-bond acceptors (Lipinski definition) is 3. The van der Waals surface area contributed by atoms with Crippen LogP contribution in [0.25, 0.3) is 30.3 Å². The normalized spacial score (nSPS) is 11.2. The average Bonchev–Trinajstić information content (AvgIpc) is 3.18. The molecule has 4 aromatic rings. The average molecular weight is 298 g/mol. The molecule has 0 unspecified atom stereocenters. The summed E-state index contributed by atoms with van der Waals surface area (Å²) < 4.78 is 0. The van der Waals surface area contributed by atoms with Crippen molar-refractivity contribution in [3.63, 3.8) is 0 Å². The van der Waals surface area contributed by atoms with Crippen LogP contribution in [0.1, 0.15) is 0 Å². The predicted molar refractivity (Wildman–Crippen MR) is 88.5 cm³/mol. The van der Waals surface area contributed by atoms with Crippen LogP contribution < -0.4 is 0 Å². The maximum atomic E-state index is 2.23. The van der Waals surface area contributed by atoms with Crippen LogP contribution in [-0.4, -0.2) is 0 Å². The number of hydrogen-bond donors (Lipinski definition) is 0. The van der Waals surface area contributed by atoms with Gasteiger partial charge in [-0.2, -0.15) is 0 Å². The van der Waals surface area contributed by atoms with E-state index in [0.29, 0.717) is 0 Å². The molecule has 3 aromatic heterocycles. The summed E-state index contributed by atoms with van der Waals surface area (Å²) in [5.41, 5.74) is 0. The zero-order valence-electron chi connectivity index (χ0n) is 10.00. The van der Waals surface area contributed by atoms with Crippen molar-refractivity contribution in [2.24, 2.45) is 0 Å². The van der Waals surface area contributed by atoms with Gasteiger partial charge in [0.1, 0.15) is 0 Å². The predicted octanol–water partition coefficient (Wildman–Crippen LogP) is 6.36. The fourth-order valence-corrected chi connectivity index (χ4v) is 5.28. The Balaban J connectivity index is 2.06. The molecule has 0 saturated heterocycles. The van der Waals surface area contributed by atoms with E-state index in [4.69, 9.17) is 0 Å². The molecule has 0 aliphatic rings. The molecule has 19 heavy (non-hydrogen) atoms. The fraction of sp³-hybridized carbons (Fsp3) is 0. The van der Waals surface area contributed by atoms with E-state index < -0.39 is 0 Å². The van der Waals surface area contributed by atoms with Crippen molar-refractivity contribution in [3.05, 3.63) is 59.3 Å². The van der Waals surface area contributed by atoms with Gasteiger partial charge in [-0.05, 0) is 22.9 Å². The lowest BCUT2D eigenvalue weighted by Gasteiger charge is -1.94. The monoisotopic (exact) mass is 298 g/mol. The van der Waals surface area contributed by atoms with E-state index in [0.717, 1.165) is 0 Å². The Labute approximate surface area is 123 Å². The number of benzene rings is 1. The fourth-order valence-electron chi connectivity index (χ4n) is 2.27.